The fourth-order valence-electron chi connectivity index (χ4n) is 2.93. The fourth-order valence-corrected chi connectivity index (χ4v) is 3.11. The third kappa shape index (κ3) is 2.50. The first-order chi connectivity index (χ1) is 9.96. The maximum Gasteiger partial charge on any atom is 0.316 e. The van der Waals surface area contributed by atoms with Gasteiger partial charge in [-0.3, -0.25) is 4.79 Å². The summed E-state index contributed by atoms with van der Waals surface area (Å²) < 4.78 is 21.1. The van der Waals surface area contributed by atoms with Crippen LogP contribution in [0.4, 0.5) is 0 Å². The van der Waals surface area contributed by atoms with E-state index in [0.29, 0.717) is 29.2 Å². The second-order valence-corrected chi connectivity index (χ2v) is 5.53. The predicted octanol–water partition coefficient (Wildman–Crippen LogP) is 2.54. The molecule has 2 rings (SSSR count). The van der Waals surface area contributed by atoms with E-state index < -0.39 is 11.2 Å². The van der Waals surface area contributed by atoms with Gasteiger partial charge in [-0.25, -0.2) is 0 Å². The van der Waals surface area contributed by atoms with Crippen molar-refractivity contribution in [1.82, 2.24) is 0 Å². The Balaban J connectivity index is 2.49. The number of carbonyl (C=O) groups excluding carboxylic acids is 1. The SMILES string of the molecule is COC(=O)C1(c2cc(Cl)ccc2OC)CC(OC)(OC)C1. The zero-order valence-corrected chi connectivity index (χ0v) is 13.3. The lowest BCUT2D eigenvalue weighted by molar-refractivity contribution is -0.278. The summed E-state index contributed by atoms with van der Waals surface area (Å²) in [7, 11) is 6.02. The molecule has 0 radical (unpaired) electrons. The molecule has 0 aliphatic heterocycles. The lowest BCUT2D eigenvalue weighted by Crippen LogP contribution is -2.61. The van der Waals surface area contributed by atoms with Crippen molar-refractivity contribution in [3.63, 3.8) is 0 Å². The van der Waals surface area contributed by atoms with Gasteiger partial charge in [-0.15, -0.1) is 0 Å². The molecule has 0 bridgehead atoms. The molecule has 1 fully saturated rings. The molecule has 0 aromatic heterocycles. The number of hydrogen-bond donors (Lipinski definition) is 0. The molecule has 1 saturated carbocycles. The number of esters is 1. The Labute approximate surface area is 129 Å². The highest BCUT2D eigenvalue weighted by atomic mass is 35.5. The van der Waals surface area contributed by atoms with Crippen molar-refractivity contribution in [3.05, 3.63) is 28.8 Å². The molecule has 0 spiro atoms. The molecule has 1 aromatic rings. The molecule has 0 heterocycles. The first-order valence-corrected chi connectivity index (χ1v) is 6.87. The Morgan fingerprint density at radius 3 is 2.24 bits per heavy atom. The van der Waals surface area contributed by atoms with Gasteiger partial charge >= 0.3 is 5.97 Å². The minimum absolute atomic E-state index is 0.344. The van der Waals surface area contributed by atoms with Crippen LogP contribution in [0, 0.1) is 0 Å². The Bertz CT molecular complexity index is 531. The first kappa shape index (κ1) is 16.1. The van der Waals surface area contributed by atoms with E-state index in [4.69, 9.17) is 30.5 Å². The summed E-state index contributed by atoms with van der Waals surface area (Å²) in [6.07, 6.45) is 0.687. The summed E-state index contributed by atoms with van der Waals surface area (Å²) in [5, 5.41) is 0.529. The summed E-state index contributed by atoms with van der Waals surface area (Å²) in [6.45, 7) is 0. The Morgan fingerprint density at radius 2 is 1.76 bits per heavy atom. The maximum atomic E-state index is 12.4. The number of halogens is 1. The van der Waals surface area contributed by atoms with Crippen LogP contribution in [-0.4, -0.2) is 40.2 Å². The highest BCUT2D eigenvalue weighted by Crippen LogP contribution is 2.55. The minimum atomic E-state index is -0.878. The van der Waals surface area contributed by atoms with Gasteiger partial charge in [-0.1, -0.05) is 11.6 Å². The van der Waals surface area contributed by atoms with Crippen molar-refractivity contribution in [2.24, 2.45) is 0 Å². The molecule has 0 atom stereocenters. The molecule has 21 heavy (non-hydrogen) atoms. The Hall–Kier alpha value is -1.30. The van der Waals surface area contributed by atoms with Crippen LogP contribution in [0.15, 0.2) is 18.2 Å². The zero-order chi connectivity index (χ0) is 15.7. The van der Waals surface area contributed by atoms with E-state index >= 15 is 0 Å². The van der Waals surface area contributed by atoms with Crippen molar-refractivity contribution in [3.8, 4) is 5.75 Å². The van der Waals surface area contributed by atoms with Crippen LogP contribution in [-0.2, 0) is 24.4 Å². The largest absolute Gasteiger partial charge is 0.496 e. The van der Waals surface area contributed by atoms with Gasteiger partial charge in [0.1, 0.15) is 11.2 Å². The van der Waals surface area contributed by atoms with Gasteiger partial charge in [0.15, 0.2) is 5.79 Å². The van der Waals surface area contributed by atoms with Crippen molar-refractivity contribution >= 4 is 17.6 Å². The van der Waals surface area contributed by atoms with Crippen LogP contribution in [0.3, 0.4) is 0 Å². The quantitative estimate of drug-likeness (QED) is 0.617. The smallest absolute Gasteiger partial charge is 0.316 e. The van der Waals surface area contributed by atoms with E-state index in [1.54, 1.807) is 39.5 Å². The number of carbonyl (C=O) groups is 1. The standard InChI is InChI=1S/C15H19ClO5/c1-18-12-6-5-10(16)7-11(12)14(13(17)19-2)8-15(9-14,20-3)21-4/h5-7H,8-9H2,1-4H3. The molecule has 116 valence electrons. The minimum Gasteiger partial charge on any atom is -0.496 e. The number of rotatable bonds is 5. The van der Waals surface area contributed by atoms with Crippen LogP contribution < -0.4 is 4.74 Å². The van der Waals surface area contributed by atoms with Gasteiger partial charge in [0, 0.05) is 37.6 Å². The topological polar surface area (TPSA) is 54.0 Å². The van der Waals surface area contributed by atoms with E-state index in [-0.39, 0.29) is 5.97 Å². The van der Waals surface area contributed by atoms with Crippen LogP contribution in [0.2, 0.25) is 5.02 Å². The average molecular weight is 315 g/mol. The zero-order valence-electron chi connectivity index (χ0n) is 12.6. The third-order valence-corrected chi connectivity index (χ3v) is 4.37. The molecular formula is C15H19ClO5. The summed E-state index contributed by atoms with van der Waals surface area (Å²) in [6, 6.07) is 5.18. The average Bonchev–Trinajstić information content (AvgIpc) is 2.47. The monoisotopic (exact) mass is 314 g/mol. The molecule has 0 unspecified atom stereocenters. The van der Waals surface area contributed by atoms with E-state index in [0.717, 1.165) is 0 Å². The van der Waals surface area contributed by atoms with Crippen molar-refractivity contribution in [2.45, 2.75) is 24.0 Å². The molecule has 1 aromatic carbocycles. The van der Waals surface area contributed by atoms with Crippen LogP contribution in [0.25, 0.3) is 0 Å². The van der Waals surface area contributed by atoms with Gasteiger partial charge in [0.2, 0.25) is 0 Å². The van der Waals surface area contributed by atoms with Gasteiger partial charge in [-0.05, 0) is 18.2 Å². The van der Waals surface area contributed by atoms with Gasteiger partial charge in [0.05, 0.1) is 14.2 Å². The maximum absolute atomic E-state index is 12.4. The van der Waals surface area contributed by atoms with Crippen LogP contribution in [0.1, 0.15) is 18.4 Å². The van der Waals surface area contributed by atoms with Crippen molar-refractivity contribution < 1.29 is 23.7 Å². The summed E-state index contributed by atoms with van der Waals surface area (Å²) in [5.74, 6) is -0.556. The van der Waals surface area contributed by atoms with Crippen LogP contribution >= 0.6 is 11.6 Å². The van der Waals surface area contributed by atoms with E-state index in [1.807, 2.05) is 0 Å². The third-order valence-electron chi connectivity index (χ3n) is 4.14. The van der Waals surface area contributed by atoms with Crippen LogP contribution in [0.5, 0.6) is 5.75 Å². The lowest BCUT2D eigenvalue weighted by atomic mass is 9.60. The molecule has 0 saturated heterocycles. The van der Waals surface area contributed by atoms with Crippen molar-refractivity contribution in [2.75, 3.05) is 28.4 Å². The molecule has 1 aliphatic rings. The predicted molar refractivity (Wildman–Crippen MR) is 77.7 cm³/mol. The number of benzene rings is 1. The molecule has 6 heteroatoms. The Kier molecular flexibility index (Phi) is 4.46. The first-order valence-electron chi connectivity index (χ1n) is 6.49. The highest BCUT2D eigenvalue weighted by molar-refractivity contribution is 6.30. The van der Waals surface area contributed by atoms with Gasteiger partial charge < -0.3 is 18.9 Å². The second kappa shape index (κ2) is 5.83. The van der Waals surface area contributed by atoms with E-state index in [9.17, 15) is 4.79 Å². The van der Waals surface area contributed by atoms with Gasteiger partial charge in [-0.2, -0.15) is 0 Å². The van der Waals surface area contributed by atoms with Crippen molar-refractivity contribution in [1.29, 1.82) is 0 Å². The van der Waals surface area contributed by atoms with E-state index in [2.05, 4.69) is 0 Å². The highest BCUT2D eigenvalue weighted by Gasteiger charge is 2.63. The molecule has 1 aliphatic carbocycles. The Morgan fingerprint density at radius 1 is 1.14 bits per heavy atom. The second-order valence-electron chi connectivity index (χ2n) is 5.09. The molecular weight excluding hydrogens is 296 g/mol. The number of hydrogen-bond acceptors (Lipinski definition) is 5. The molecule has 0 N–H and O–H groups in total. The summed E-state index contributed by atoms with van der Waals surface area (Å²) in [4.78, 5) is 12.4. The van der Waals surface area contributed by atoms with E-state index in [1.165, 1.54) is 7.11 Å². The molecule has 0 amide bonds. The normalized spacial score (nSPS) is 18.7. The fraction of sp³-hybridized carbons (Fsp3) is 0.533. The summed E-state index contributed by atoms with van der Waals surface area (Å²) in [5.41, 5.74) is -0.189. The summed E-state index contributed by atoms with van der Waals surface area (Å²) >= 11 is 6.08. The number of methoxy groups -OCH3 is 4. The number of ether oxygens (including phenoxy) is 4. The molecule has 5 nitrogen and oxygen atoms in total. The lowest BCUT2D eigenvalue weighted by Gasteiger charge is -2.52. The van der Waals surface area contributed by atoms with Gasteiger partial charge in [0.25, 0.3) is 0 Å².